The molecular weight excluding hydrogens is 461 g/mol. The molecule has 11 heteroatoms. The first-order valence-electron chi connectivity index (χ1n) is 9.02. The normalized spacial score (nSPS) is 11.2. The largest absolute Gasteiger partial charge is 0.497 e. The summed E-state index contributed by atoms with van der Waals surface area (Å²) in [5, 5.41) is 11.7. The van der Waals surface area contributed by atoms with Crippen molar-refractivity contribution in [3.8, 4) is 39.1 Å². The van der Waals surface area contributed by atoms with E-state index in [1.807, 2.05) is 18.2 Å². The van der Waals surface area contributed by atoms with E-state index in [1.54, 1.807) is 36.8 Å². The van der Waals surface area contributed by atoms with Gasteiger partial charge >= 0.3 is 6.18 Å². The predicted octanol–water partition coefficient (Wildman–Crippen LogP) is 5.81. The Labute approximate surface area is 188 Å². The third kappa shape index (κ3) is 4.87. The third-order valence-electron chi connectivity index (χ3n) is 4.22. The number of hydrogen-bond acceptors (Lipinski definition) is 8. The van der Waals surface area contributed by atoms with Crippen LogP contribution in [-0.4, -0.2) is 22.1 Å². The highest BCUT2D eigenvalue weighted by atomic mass is 32.1. The average molecular weight is 474 g/mol. The maximum Gasteiger partial charge on any atom is 0.434 e. The zero-order valence-electron chi connectivity index (χ0n) is 16.4. The fourth-order valence-electron chi connectivity index (χ4n) is 2.64. The summed E-state index contributed by atoms with van der Waals surface area (Å²) in [6.07, 6.45) is -4.56. The van der Waals surface area contributed by atoms with Crippen LogP contribution >= 0.6 is 22.7 Å². The van der Waals surface area contributed by atoms with E-state index >= 15 is 0 Å². The monoisotopic (exact) mass is 474 g/mol. The van der Waals surface area contributed by atoms with Gasteiger partial charge < -0.3 is 9.47 Å². The fraction of sp³-hybridized carbons (Fsp3) is 0.143. The van der Waals surface area contributed by atoms with Crippen LogP contribution in [0.3, 0.4) is 0 Å². The first-order valence-corrected chi connectivity index (χ1v) is 10.8. The Balaban J connectivity index is 1.68. The number of thiophene rings is 1. The molecule has 0 amide bonds. The maximum atomic E-state index is 13.0. The lowest BCUT2D eigenvalue weighted by molar-refractivity contribution is -0.140. The highest BCUT2D eigenvalue weighted by Gasteiger charge is 2.34. The molecule has 0 bridgehead atoms. The molecule has 3 aromatic heterocycles. The summed E-state index contributed by atoms with van der Waals surface area (Å²) in [5.74, 6) is 0.895. The SMILES string of the molecule is COc1ccc(COc2cc(-c3cc(C#N)cs3)nc(-c3nc(C(F)(F)F)cs3)n2)cc1. The molecule has 4 aromatic rings. The van der Waals surface area contributed by atoms with Gasteiger partial charge in [0.2, 0.25) is 5.88 Å². The topological polar surface area (TPSA) is 80.9 Å². The molecule has 0 atom stereocenters. The fourth-order valence-corrected chi connectivity index (χ4v) is 4.19. The van der Waals surface area contributed by atoms with Gasteiger partial charge in [0.05, 0.1) is 23.2 Å². The minimum absolute atomic E-state index is 0.0136. The van der Waals surface area contributed by atoms with Gasteiger partial charge in [-0.3, -0.25) is 0 Å². The Hall–Kier alpha value is -3.49. The molecule has 4 rings (SSSR count). The van der Waals surface area contributed by atoms with Crippen molar-refractivity contribution in [2.75, 3.05) is 7.11 Å². The standard InChI is InChI=1S/C21H13F3N4O2S2/c1-29-14-4-2-12(3-5-14)9-30-18-7-15(16-6-13(8-25)10-31-16)26-19(28-18)20-27-17(11-32-20)21(22,23)24/h2-7,10-11H,9H2,1H3. The van der Waals surface area contributed by atoms with Crippen LogP contribution in [0, 0.1) is 11.3 Å². The molecular formula is C21H13F3N4O2S2. The number of benzene rings is 1. The van der Waals surface area contributed by atoms with Gasteiger partial charge in [0.25, 0.3) is 0 Å². The van der Waals surface area contributed by atoms with Crippen LogP contribution < -0.4 is 9.47 Å². The van der Waals surface area contributed by atoms with Crippen LogP contribution in [0.1, 0.15) is 16.8 Å². The van der Waals surface area contributed by atoms with Crippen LogP contribution in [-0.2, 0) is 12.8 Å². The van der Waals surface area contributed by atoms with E-state index < -0.39 is 11.9 Å². The van der Waals surface area contributed by atoms with Gasteiger partial charge in [-0.05, 0) is 23.8 Å². The van der Waals surface area contributed by atoms with Gasteiger partial charge in [-0.2, -0.15) is 23.4 Å². The number of nitriles is 1. The zero-order valence-corrected chi connectivity index (χ0v) is 18.0. The highest BCUT2D eigenvalue weighted by molar-refractivity contribution is 7.13. The molecule has 3 heterocycles. The van der Waals surface area contributed by atoms with E-state index in [0.29, 0.717) is 21.9 Å². The van der Waals surface area contributed by atoms with Gasteiger partial charge in [0, 0.05) is 16.8 Å². The number of hydrogen-bond donors (Lipinski definition) is 0. The molecule has 6 nitrogen and oxygen atoms in total. The lowest BCUT2D eigenvalue weighted by Crippen LogP contribution is -2.05. The number of rotatable bonds is 6. The Kier molecular flexibility index (Phi) is 6.07. The summed E-state index contributed by atoms with van der Waals surface area (Å²) in [6, 6.07) is 12.5. The summed E-state index contributed by atoms with van der Waals surface area (Å²) >= 11 is 2.08. The smallest absolute Gasteiger partial charge is 0.434 e. The number of alkyl halides is 3. The lowest BCUT2D eigenvalue weighted by atomic mass is 10.2. The number of nitrogens with zero attached hydrogens (tertiary/aromatic N) is 4. The van der Waals surface area contributed by atoms with Crippen LogP contribution in [0.4, 0.5) is 13.2 Å². The van der Waals surface area contributed by atoms with Gasteiger partial charge in [-0.1, -0.05) is 12.1 Å². The van der Waals surface area contributed by atoms with Crippen LogP contribution in [0.5, 0.6) is 11.6 Å². The van der Waals surface area contributed by atoms with Crippen molar-refractivity contribution in [1.29, 1.82) is 5.26 Å². The van der Waals surface area contributed by atoms with Crippen molar-refractivity contribution in [2.24, 2.45) is 0 Å². The molecule has 0 aliphatic carbocycles. The van der Waals surface area contributed by atoms with E-state index in [4.69, 9.17) is 14.7 Å². The Bertz CT molecular complexity index is 1280. The van der Waals surface area contributed by atoms with Crippen molar-refractivity contribution >= 4 is 22.7 Å². The number of aromatic nitrogens is 3. The quantitative estimate of drug-likeness (QED) is 0.351. The highest BCUT2D eigenvalue weighted by Crippen LogP contribution is 2.35. The molecule has 0 spiro atoms. The second kappa shape index (κ2) is 8.94. The Morgan fingerprint density at radius 2 is 1.81 bits per heavy atom. The Morgan fingerprint density at radius 1 is 1.03 bits per heavy atom. The summed E-state index contributed by atoms with van der Waals surface area (Å²) < 4.78 is 49.9. The zero-order chi connectivity index (χ0) is 22.7. The lowest BCUT2D eigenvalue weighted by Gasteiger charge is -2.09. The molecule has 0 unspecified atom stereocenters. The van der Waals surface area contributed by atoms with Crippen molar-refractivity contribution < 1.29 is 22.6 Å². The summed E-state index contributed by atoms with van der Waals surface area (Å²) in [4.78, 5) is 12.9. The van der Waals surface area contributed by atoms with Gasteiger partial charge in [-0.15, -0.1) is 22.7 Å². The molecule has 162 valence electrons. The van der Waals surface area contributed by atoms with Gasteiger partial charge in [0.1, 0.15) is 18.4 Å². The van der Waals surface area contributed by atoms with Crippen molar-refractivity contribution in [1.82, 2.24) is 15.0 Å². The maximum absolute atomic E-state index is 13.0. The van der Waals surface area contributed by atoms with Gasteiger partial charge in [0.15, 0.2) is 16.5 Å². The van der Waals surface area contributed by atoms with Gasteiger partial charge in [-0.25, -0.2) is 9.97 Å². The molecule has 1 aromatic carbocycles. The van der Waals surface area contributed by atoms with Crippen molar-refractivity contribution in [3.63, 3.8) is 0 Å². The first-order chi connectivity index (χ1) is 15.4. The molecule has 0 aliphatic rings. The molecule has 0 aliphatic heterocycles. The minimum atomic E-state index is -4.56. The third-order valence-corrected chi connectivity index (χ3v) is 6.01. The van der Waals surface area contributed by atoms with Crippen molar-refractivity contribution in [3.05, 3.63) is 64.0 Å². The van der Waals surface area contributed by atoms with Crippen LogP contribution in [0.25, 0.3) is 21.4 Å². The van der Waals surface area contributed by atoms with Crippen LogP contribution in [0.15, 0.2) is 47.2 Å². The summed E-state index contributed by atoms with van der Waals surface area (Å²) in [5.41, 5.74) is 0.730. The van der Waals surface area contributed by atoms with E-state index in [0.717, 1.165) is 22.3 Å². The summed E-state index contributed by atoms with van der Waals surface area (Å²) in [7, 11) is 1.57. The number of halogens is 3. The van der Waals surface area contributed by atoms with E-state index in [1.165, 1.54) is 11.3 Å². The first kappa shape index (κ1) is 21.7. The predicted molar refractivity (Wildman–Crippen MR) is 113 cm³/mol. The van der Waals surface area contributed by atoms with E-state index in [2.05, 4.69) is 15.0 Å². The molecule has 32 heavy (non-hydrogen) atoms. The minimum Gasteiger partial charge on any atom is -0.497 e. The van der Waals surface area contributed by atoms with E-state index in [-0.39, 0.29) is 23.3 Å². The van der Waals surface area contributed by atoms with Crippen LogP contribution in [0.2, 0.25) is 0 Å². The Morgan fingerprint density at radius 3 is 2.44 bits per heavy atom. The molecule has 0 radical (unpaired) electrons. The molecule has 0 saturated heterocycles. The van der Waals surface area contributed by atoms with Crippen molar-refractivity contribution in [2.45, 2.75) is 12.8 Å². The van der Waals surface area contributed by atoms with E-state index in [9.17, 15) is 13.2 Å². The summed E-state index contributed by atoms with van der Waals surface area (Å²) in [6.45, 7) is 0.180. The number of ether oxygens (including phenoxy) is 2. The second-order valence-electron chi connectivity index (χ2n) is 6.40. The molecule has 0 N–H and O–H groups in total. The second-order valence-corrected chi connectivity index (χ2v) is 8.17. The number of methoxy groups -OCH3 is 1. The molecule has 0 saturated carbocycles. The number of thiazole rings is 1. The average Bonchev–Trinajstić information content (AvgIpc) is 3.48. The molecule has 0 fully saturated rings.